The lowest BCUT2D eigenvalue weighted by atomic mass is 9.89. The summed E-state index contributed by atoms with van der Waals surface area (Å²) in [6, 6.07) is 3.92. The number of Topliss-reactive ketones (excluding diaryl/α,β-unsaturated/α-hetero) is 1. The molecule has 11 N–H and O–H groups in total. The zero-order valence-corrected chi connectivity index (χ0v) is 26.9. The van der Waals surface area contributed by atoms with Crippen LogP contribution in [0, 0.1) is 17.8 Å². The number of amides is 3. The first-order chi connectivity index (χ1) is 21.5. The van der Waals surface area contributed by atoms with E-state index in [0.717, 1.165) is 5.56 Å². The van der Waals surface area contributed by atoms with Crippen molar-refractivity contribution in [1.82, 2.24) is 16.0 Å². The molecule has 0 saturated heterocycles. The summed E-state index contributed by atoms with van der Waals surface area (Å²) in [4.78, 5) is 80.1. The molecule has 15 heteroatoms. The number of ketones is 1. The van der Waals surface area contributed by atoms with Gasteiger partial charge >= 0.3 is 11.9 Å². The van der Waals surface area contributed by atoms with E-state index < -0.39 is 77.9 Å². The molecule has 0 saturated carbocycles. The number of rotatable bonds is 21. The van der Waals surface area contributed by atoms with E-state index in [9.17, 15) is 39.0 Å². The Morgan fingerprint density at radius 1 is 0.826 bits per heavy atom. The van der Waals surface area contributed by atoms with E-state index in [4.69, 9.17) is 17.2 Å². The monoisotopic (exact) mass is 647 g/mol. The largest absolute Gasteiger partial charge is 0.481 e. The number of nitrogens with one attached hydrogen (secondary N) is 3. The molecular formula is C31H49N7O8. The molecule has 46 heavy (non-hydrogen) atoms. The summed E-state index contributed by atoms with van der Waals surface area (Å²) in [5.41, 5.74) is 17.3. The lowest BCUT2D eigenvalue weighted by Gasteiger charge is -2.27. The van der Waals surface area contributed by atoms with Crippen LogP contribution in [0.1, 0.15) is 65.4 Å². The number of carbonyl (C=O) groups excluding carboxylic acids is 4. The van der Waals surface area contributed by atoms with Crippen molar-refractivity contribution in [3.63, 3.8) is 0 Å². The summed E-state index contributed by atoms with van der Waals surface area (Å²) < 4.78 is 0. The lowest BCUT2D eigenvalue weighted by molar-refractivity contribution is -0.144. The smallest absolute Gasteiger partial charge is 0.307 e. The summed E-state index contributed by atoms with van der Waals surface area (Å²) in [5.74, 6) is -7.20. The molecule has 256 valence electrons. The summed E-state index contributed by atoms with van der Waals surface area (Å²) in [6.07, 6.45) is -0.302. The Labute approximate surface area is 269 Å². The molecule has 3 amide bonds. The molecule has 0 aliphatic rings. The average molecular weight is 648 g/mol. The Hall–Kier alpha value is -4.53. The van der Waals surface area contributed by atoms with E-state index in [1.165, 1.54) is 0 Å². The second-order valence-corrected chi connectivity index (χ2v) is 12.0. The van der Waals surface area contributed by atoms with Crippen LogP contribution in [0.5, 0.6) is 0 Å². The molecule has 0 heterocycles. The fraction of sp³-hybridized carbons (Fsp3) is 0.581. The zero-order valence-electron chi connectivity index (χ0n) is 26.9. The number of aliphatic carboxylic acids is 2. The van der Waals surface area contributed by atoms with Crippen molar-refractivity contribution in [3.8, 4) is 0 Å². The summed E-state index contributed by atoms with van der Waals surface area (Å²) in [5, 5.41) is 26.7. The molecule has 0 unspecified atom stereocenters. The fourth-order valence-corrected chi connectivity index (χ4v) is 4.68. The van der Waals surface area contributed by atoms with Crippen LogP contribution in [-0.4, -0.2) is 82.3 Å². The van der Waals surface area contributed by atoms with Crippen molar-refractivity contribution in [2.75, 3.05) is 6.54 Å². The number of carboxylic acid groups (broad SMARTS) is 2. The molecule has 1 rings (SSSR count). The maximum Gasteiger partial charge on any atom is 0.307 e. The van der Waals surface area contributed by atoms with Crippen LogP contribution in [-0.2, 0) is 35.2 Å². The van der Waals surface area contributed by atoms with E-state index in [0.29, 0.717) is 6.42 Å². The average Bonchev–Trinajstić information content (AvgIpc) is 2.96. The summed E-state index contributed by atoms with van der Waals surface area (Å²) in [6.45, 7) is 7.17. The second kappa shape index (κ2) is 19.8. The van der Waals surface area contributed by atoms with Crippen molar-refractivity contribution >= 4 is 41.4 Å². The Morgan fingerprint density at radius 2 is 1.41 bits per heavy atom. The molecule has 0 aromatic heterocycles. The van der Waals surface area contributed by atoms with Gasteiger partial charge in [-0.05, 0) is 43.1 Å². The van der Waals surface area contributed by atoms with E-state index >= 15 is 0 Å². The van der Waals surface area contributed by atoms with Crippen LogP contribution in [0.15, 0.2) is 35.3 Å². The summed E-state index contributed by atoms with van der Waals surface area (Å²) in [7, 11) is 0. The molecule has 0 aliphatic heterocycles. The van der Waals surface area contributed by atoms with E-state index in [2.05, 4.69) is 20.9 Å². The first-order valence-electron chi connectivity index (χ1n) is 15.2. The first kappa shape index (κ1) is 39.5. The van der Waals surface area contributed by atoms with Crippen LogP contribution in [0.4, 0.5) is 0 Å². The minimum atomic E-state index is -1.60. The van der Waals surface area contributed by atoms with Gasteiger partial charge in [0.05, 0.1) is 24.4 Å². The van der Waals surface area contributed by atoms with Gasteiger partial charge in [-0.15, -0.1) is 0 Å². The van der Waals surface area contributed by atoms with Crippen molar-refractivity contribution in [3.05, 3.63) is 35.9 Å². The number of carboxylic acids is 2. The Kier molecular flexibility index (Phi) is 17.0. The third-order valence-electron chi connectivity index (χ3n) is 7.09. The van der Waals surface area contributed by atoms with Crippen LogP contribution in [0.2, 0.25) is 0 Å². The van der Waals surface area contributed by atoms with Gasteiger partial charge in [-0.3, -0.25) is 33.8 Å². The van der Waals surface area contributed by atoms with Crippen LogP contribution in [0.25, 0.3) is 0 Å². The number of aliphatic imine (C=N–C) groups is 1. The number of nitrogens with two attached hydrogens (primary N) is 3. The standard InChI is InChI=1S/C31H49N7O8/c1-17(2)13-22(36-27(42)21(32)11-8-12-35-31(33)34)28(43)37-23(16-25(40)41)29(44)38-26(18(3)4)24(39)15-20(30(45)46)14-19-9-6-5-7-10-19/h5-7,9-10,17-18,20-23,26H,8,11-16,32H2,1-4H3,(H,36,42)(H,37,43)(H,38,44)(H,40,41)(H,45,46)(H4,33,34,35)/t20-,21-,22-,23-,26-/m0/s1. The number of nitrogens with zero attached hydrogens (tertiary/aromatic N) is 1. The highest BCUT2D eigenvalue weighted by molar-refractivity contribution is 5.97. The van der Waals surface area contributed by atoms with Gasteiger partial charge < -0.3 is 43.4 Å². The predicted molar refractivity (Wildman–Crippen MR) is 171 cm³/mol. The highest BCUT2D eigenvalue weighted by Gasteiger charge is 2.34. The topological polar surface area (TPSA) is 269 Å². The fourth-order valence-electron chi connectivity index (χ4n) is 4.68. The number of hydrogen-bond donors (Lipinski definition) is 8. The Morgan fingerprint density at radius 3 is 1.93 bits per heavy atom. The second-order valence-electron chi connectivity index (χ2n) is 12.0. The van der Waals surface area contributed by atoms with Gasteiger partial charge in [0, 0.05) is 13.0 Å². The molecule has 0 radical (unpaired) electrons. The molecule has 1 aromatic carbocycles. The highest BCUT2D eigenvalue weighted by atomic mass is 16.4. The molecule has 0 spiro atoms. The van der Waals surface area contributed by atoms with Gasteiger partial charge in [-0.1, -0.05) is 58.0 Å². The van der Waals surface area contributed by atoms with Gasteiger partial charge in [0.2, 0.25) is 17.7 Å². The van der Waals surface area contributed by atoms with Crippen molar-refractivity contribution < 1.29 is 39.0 Å². The lowest BCUT2D eigenvalue weighted by Crippen LogP contribution is -2.58. The number of benzene rings is 1. The molecule has 15 nitrogen and oxygen atoms in total. The number of carbonyl (C=O) groups is 6. The molecule has 5 atom stereocenters. The van der Waals surface area contributed by atoms with Crippen LogP contribution >= 0.6 is 0 Å². The molecule has 1 aromatic rings. The minimum absolute atomic E-state index is 0.0816. The maximum atomic E-state index is 13.3. The SMILES string of the molecule is CC(C)C[C@H](NC(=O)[C@@H](N)CCCN=C(N)N)C(=O)N[C@@H](CC(=O)O)C(=O)N[C@H](C(=O)C[C@H](Cc1ccccc1)C(=O)O)C(C)C. The zero-order chi connectivity index (χ0) is 35.0. The normalized spacial score (nSPS) is 14.3. The third kappa shape index (κ3) is 15.0. The van der Waals surface area contributed by atoms with Gasteiger partial charge in [-0.2, -0.15) is 0 Å². The van der Waals surface area contributed by atoms with E-state index in [1.54, 1.807) is 44.2 Å². The van der Waals surface area contributed by atoms with Gasteiger partial charge in [0.15, 0.2) is 11.7 Å². The Bertz CT molecular complexity index is 1220. The first-order valence-corrected chi connectivity index (χ1v) is 15.2. The highest BCUT2D eigenvalue weighted by Crippen LogP contribution is 2.17. The predicted octanol–water partition coefficient (Wildman–Crippen LogP) is -0.0988. The Balaban J connectivity index is 3.05. The third-order valence-corrected chi connectivity index (χ3v) is 7.09. The number of hydrogen-bond acceptors (Lipinski definition) is 8. The summed E-state index contributed by atoms with van der Waals surface area (Å²) >= 11 is 0. The van der Waals surface area contributed by atoms with Crippen molar-refractivity contribution in [1.29, 1.82) is 0 Å². The molecule has 0 bridgehead atoms. The quantitative estimate of drug-likeness (QED) is 0.0496. The van der Waals surface area contributed by atoms with Crippen molar-refractivity contribution in [2.24, 2.45) is 39.9 Å². The number of guanidine groups is 1. The van der Waals surface area contributed by atoms with Crippen LogP contribution < -0.4 is 33.2 Å². The minimum Gasteiger partial charge on any atom is -0.481 e. The van der Waals surface area contributed by atoms with Crippen molar-refractivity contribution in [2.45, 2.75) is 90.4 Å². The molecule has 0 fully saturated rings. The van der Waals surface area contributed by atoms with Gasteiger partial charge in [0.25, 0.3) is 0 Å². The van der Waals surface area contributed by atoms with Gasteiger partial charge in [0.1, 0.15) is 12.1 Å². The van der Waals surface area contributed by atoms with Crippen LogP contribution in [0.3, 0.4) is 0 Å². The molecule has 0 aliphatic carbocycles. The molecular weight excluding hydrogens is 598 g/mol. The maximum absolute atomic E-state index is 13.3. The van der Waals surface area contributed by atoms with E-state index in [-0.39, 0.29) is 44.1 Å². The van der Waals surface area contributed by atoms with E-state index in [1.807, 2.05) is 13.8 Å². The van der Waals surface area contributed by atoms with Gasteiger partial charge in [-0.25, -0.2) is 0 Å².